The minimum absolute atomic E-state index is 0.0845. The van der Waals surface area contributed by atoms with Crippen molar-refractivity contribution in [3.8, 4) is 0 Å². The van der Waals surface area contributed by atoms with E-state index in [-0.39, 0.29) is 10.8 Å². The Bertz CT molecular complexity index is 691. The van der Waals surface area contributed by atoms with Gasteiger partial charge in [-0.2, -0.15) is 0 Å². The van der Waals surface area contributed by atoms with Crippen molar-refractivity contribution in [1.29, 1.82) is 0 Å². The van der Waals surface area contributed by atoms with Gasteiger partial charge < -0.3 is 0 Å². The van der Waals surface area contributed by atoms with E-state index in [9.17, 15) is 4.79 Å². The number of hydrogen-bond acceptors (Lipinski definition) is 1. The Morgan fingerprint density at radius 3 is 2.26 bits per heavy atom. The first-order valence-corrected chi connectivity index (χ1v) is 13.9. The highest BCUT2D eigenvalue weighted by Gasteiger charge is 2.69. The molecule has 4 saturated carbocycles. The van der Waals surface area contributed by atoms with E-state index in [4.69, 9.17) is 0 Å². The summed E-state index contributed by atoms with van der Waals surface area (Å²) in [6, 6.07) is 0. The van der Waals surface area contributed by atoms with Crippen molar-refractivity contribution in [2.45, 2.75) is 126 Å². The number of Topliss-reactive ketones (excluding diaryl/α,β-unsaturated/α-hetero) is 1. The summed E-state index contributed by atoms with van der Waals surface area (Å²) in [5, 5.41) is 0. The molecule has 0 N–H and O–H groups in total. The number of fused-ring (bicyclic) bond motifs is 5. The number of ketones is 1. The minimum atomic E-state index is -0.0845. The fourth-order valence-electron chi connectivity index (χ4n) is 10.3. The van der Waals surface area contributed by atoms with Gasteiger partial charge >= 0.3 is 0 Å². The van der Waals surface area contributed by atoms with Crippen molar-refractivity contribution in [2.24, 2.45) is 57.2 Å². The molecule has 4 aliphatic carbocycles. The molecule has 0 heterocycles. The van der Waals surface area contributed by atoms with Gasteiger partial charge in [-0.05, 0) is 90.3 Å². The molecule has 0 bridgehead atoms. The van der Waals surface area contributed by atoms with E-state index < -0.39 is 0 Å². The van der Waals surface area contributed by atoms with Crippen molar-refractivity contribution >= 4 is 5.78 Å². The molecular formula is C30H52O. The van der Waals surface area contributed by atoms with Gasteiger partial charge in [0, 0.05) is 11.8 Å². The van der Waals surface area contributed by atoms with Crippen LogP contribution < -0.4 is 0 Å². The second-order valence-corrected chi connectivity index (χ2v) is 14.4. The van der Waals surface area contributed by atoms with Crippen molar-refractivity contribution < 1.29 is 4.79 Å². The number of hydrogen-bond donors (Lipinski definition) is 0. The largest absolute Gasteiger partial charge is 0.299 e. The standard InChI is InChI=1S/C30H52O/c1-20(2)11-9-12-21(3)22-15-18-29(7)23-13-14-25-27(4,5)16-10-17-28(25,6)24(23)19-26(31)30(22,29)8/h20-25H,9-19H2,1-8H3/t21?,22-,23-,24+,25+,28+,29-,30-/m1/s1. The fraction of sp³-hybridized carbons (Fsp3) is 0.967. The second-order valence-electron chi connectivity index (χ2n) is 14.4. The highest BCUT2D eigenvalue weighted by Crippen LogP contribution is 2.73. The molecule has 0 aliphatic heterocycles. The molecule has 31 heavy (non-hydrogen) atoms. The monoisotopic (exact) mass is 428 g/mol. The predicted octanol–water partition coefficient (Wildman–Crippen LogP) is 8.70. The number of carbonyl (C=O) groups is 1. The van der Waals surface area contributed by atoms with E-state index in [0.717, 1.165) is 24.2 Å². The van der Waals surface area contributed by atoms with Crippen LogP contribution in [0.1, 0.15) is 126 Å². The summed E-state index contributed by atoms with van der Waals surface area (Å²) in [5.74, 6) is 4.94. The minimum Gasteiger partial charge on any atom is -0.299 e. The Morgan fingerprint density at radius 2 is 1.58 bits per heavy atom. The van der Waals surface area contributed by atoms with E-state index in [1.165, 1.54) is 64.2 Å². The van der Waals surface area contributed by atoms with Crippen molar-refractivity contribution in [1.82, 2.24) is 0 Å². The van der Waals surface area contributed by atoms with Crippen LogP contribution >= 0.6 is 0 Å². The summed E-state index contributed by atoms with van der Waals surface area (Å²) in [6.07, 6.45) is 14.3. The van der Waals surface area contributed by atoms with Crippen LogP contribution in [-0.4, -0.2) is 5.78 Å². The number of rotatable bonds is 5. The zero-order chi connectivity index (χ0) is 22.8. The number of carbonyl (C=O) groups excluding carboxylic acids is 1. The Morgan fingerprint density at radius 1 is 0.871 bits per heavy atom. The van der Waals surface area contributed by atoms with Crippen LogP contribution in [-0.2, 0) is 4.79 Å². The lowest BCUT2D eigenvalue weighted by Gasteiger charge is -2.66. The molecule has 178 valence electrons. The first kappa shape index (κ1) is 23.8. The molecular weight excluding hydrogens is 376 g/mol. The van der Waals surface area contributed by atoms with Crippen LogP contribution in [0.3, 0.4) is 0 Å². The smallest absolute Gasteiger partial charge is 0.139 e. The van der Waals surface area contributed by atoms with Gasteiger partial charge in [0.1, 0.15) is 5.78 Å². The highest BCUT2D eigenvalue weighted by atomic mass is 16.1. The molecule has 1 unspecified atom stereocenters. The van der Waals surface area contributed by atoms with Crippen molar-refractivity contribution in [2.75, 3.05) is 0 Å². The molecule has 1 heteroatoms. The van der Waals surface area contributed by atoms with Gasteiger partial charge in [0.25, 0.3) is 0 Å². The van der Waals surface area contributed by atoms with Gasteiger partial charge in [-0.25, -0.2) is 0 Å². The zero-order valence-electron chi connectivity index (χ0n) is 22.2. The van der Waals surface area contributed by atoms with Gasteiger partial charge in [0.2, 0.25) is 0 Å². The summed E-state index contributed by atoms with van der Waals surface area (Å²) in [7, 11) is 0. The Hall–Kier alpha value is -0.330. The first-order chi connectivity index (χ1) is 14.4. The van der Waals surface area contributed by atoms with Gasteiger partial charge in [0.15, 0.2) is 0 Å². The topological polar surface area (TPSA) is 17.1 Å². The fourth-order valence-corrected chi connectivity index (χ4v) is 10.3. The van der Waals surface area contributed by atoms with E-state index in [2.05, 4.69) is 55.4 Å². The first-order valence-electron chi connectivity index (χ1n) is 13.9. The zero-order valence-corrected chi connectivity index (χ0v) is 22.2. The van der Waals surface area contributed by atoms with E-state index in [0.29, 0.717) is 34.4 Å². The molecule has 8 atom stereocenters. The van der Waals surface area contributed by atoms with Crippen molar-refractivity contribution in [3.63, 3.8) is 0 Å². The maximum absolute atomic E-state index is 14.1. The molecule has 0 radical (unpaired) electrons. The van der Waals surface area contributed by atoms with E-state index in [1.54, 1.807) is 0 Å². The molecule has 0 aromatic rings. The van der Waals surface area contributed by atoms with Crippen LogP contribution in [0.4, 0.5) is 0 Å². The van der Waals surface area contributed by atoms with Gasteiger partial charge in [0.05, 0.1) is 0 Å². The summed E-state index contributed by atoms with van der Waals surface area (Å²) in [6.45, 7) is 19.8. The molecule has 4 aliphatic rings. The third kappa shape index (κ3) is 3.41. The Kier molecular flexibility index (Phi) is 6.05. The molecule has 0 saturated heterocycles. The van der Waals surface area contributed by atoms with Crippen LogP contribution in [0.5, 0.6) is 0 Å². The average Bonchev–Trinajstić information content (AvgIpc) is 2.95. The molecule has 0 aromatic heterocycles. The van der Waals surface area contributed by atoms with Gasteiger partial charge in [-0.3, -0.25) is 4.79 Å². The van der Waals surface area contributed by atoms with E-state index in [1.807, 2.05) is 0 Å². The van der Waals surface area contributed by atoms with Crippen LogP contribution in [0.2, 0.25) is 0 Å². The summed E-state index contributed by atoms with van der Waals surface area (Å²) in [5.41, 5.74) is 0.968. The van der Waals surface area contributed by atoms with Gasteiger partial charge in [-0.1, -0.05) is 81.1 Å². The average molecular weight is 429 g/mol. The molecule has 0 amide bonds. The second kappa shape index (κ2) is 7.87. The third-order valence-corrected chi connectivity index (χ3v) is 12.2. The van der Waals surface area contributed by atoms with E-state index >= 15 is 0 Å². The molecule has 0 aromatic carbocycles. The van der Waals surface area contributed by atoms with Crippen LogP contribution in [0.15, 0.2) is 0 Å². The molecule has 4 rings (SSSR count). The summed E-state index contributed by atoms with van der Waals surface area (Å²) < 4.78 is 0. The normalized spacial score (nSPS) is 47.6. The Balaban J connectivity index is 1.61. The summed E-state index contributed by atoms with van der Waals surface area (Å²) in [4.78, 5) is 14.1. The third-order valence-electron chi connectivity index (χ3n) is 12.2. The Labute approximate surface area is 193 Å². The predicted molar refractivity (Wildman–Crippen MR) is 132 cm³/mol. The lowest BCUT2D eigenvalue weighted by Crippen LogP contribution is -2.62. The highest BCUT2D eigenvalue weighted by molar-refractivity contribution is 5.87. The molecule has 0 spiro atoms. The summed E-state index contributed by atoms with van der Waals surface area (Å²) >= 11 is 0. The SMILES string of the molecule is CC(C)CCCC(C)[C@H]1CC[C@]2(C)[C@@H]3CC[C@H]4C(C)(C)CCC[C@@]4(C)[C@H]3CC(=O)[C@@]12C. The maximum atomic E-state index is 14.1. The maximum Gasteiger partial charge on any atom is 0.139 e. The van der Waals surface area contributed by atoms with Crippen LogP contribution in [0.25, 0.3) is 0 Å². The molecule has 1 nitrogen and oxygen atoms in total. The van der Waals surface area contributed by atoms with Gasteiger partial charge in [-0.15, -0.1) is 0 Å². The quantitative estimate of drug-likeness (QED) is 0.428. The molecule has 4 fully saturated rings. The van der Waals surface area contributed by atoms with Crippen molar-refractivity contribution in [3.05, 3.63) is 0 Å². The lowest BCUT2D eigenvalue weighted by molar-refractivity contribution is -0.186. The lowest BCUT2D eigenvalue weighted by atomic mass is 9.38. The van der Waals surface area contributed by atoms with Crippen LogP contribution in [0, 0.1) is 57.2 Å².